The maximum Gasteiger partial charge on any atom is 0.165 e. The predicted molar refractivity (Wildman–Crippen MR) is 103 cm³/mol. The number of carbonyl (C=O) groups excluding carboxylic acids is 1. The number of benzene rings is 2. The zero-order valence-electron chi connectivity index (χ0n) is 14.3. The number of anilines is 1. The van der Waals surface area contributed by atoms with Gasteiger partial charge in [0.05, 0.1) is 11.3 Å². The quantitative estimate of drug-likeness (QED) is 0.676. The normalized spacial score (nSPS) is 21.6. The van der Waals surface area contributed by atoms with E-state index in [4.69, 9.17) is 4.74 Å². The van der Waals surface area contributed by atoms with Crippen molar-refractivity contribution in [1.82, 2.24) is 0 Å². The van der Waals surface area contributed by atoms with E-state index in [-0.39, 0.29) is 17.3 Å². The fraction of sp³-hybridized carbons (Fsp3) is 0.286. The van der Waals surface area contributed by atoms with Crippen LogP contribution in [0, 0.1) is 5.41 Å². The molecule has 0 saturated heterocycles. The number of fused-ring (bicyclic) bond motifs is 1. The van der Waals surface area contributed by atoms with Crippen LogP contribution in [0.2, 0.25) is 0 Å². The molecule has 2 aromatic carbocycles. The molecule has 2 aromatic rings. The Bertz CT molecular complexity index is 868. The Morgan fingerprint density at radius 1 is 1.08 bits per heavy atom. The first-order valence-electron chi connectivity index (χ1n) is 8.47. The highest BCUT2D eigenvalue weighted by Crippen LogP contribution is 2.46. The van der Waals surface area contributed by atoms with Gasteiger partial charge < -0.3 is 10.1 Å². The van der Waals surface area contributed by atoms with E-state index in [9.17, 15) is 4.79 Å². The summed E-state index contributed by atoms with van der Waals surface area (Å²) in [5, 5.41) is 3.48. The molecule has 0 aromatic heterocycles. The Morgan fingerprint density at radius 3 is 2.56 bits per heavy atom. The van der Waals surface area contributed by atoms with E-state index >= 15 is 0 Å². The van der Waals surface area contributed by atoms with Crippen LogP contribution < -0.4 is 10.1 Å². The van der Waals surface area contributed by atoms with E-state index in [0.29, 0.717) is 6.42 Å². The number of rotatable bonds is 1. The van der Waals surface area contributed by atoms with Crippen LogP contribution >= 0.6 is 15.9 Å². The maximum absolute atomic E-state index is 13.0. The zero-order chi connectivity index (χ0) is 17.6. The van der Waals surface area contributed by atoms with Gasteiger partial charge in [-0.1, -0.05) is 54.0 Å². The lowest BCUT2D eigenvalue weighted by atomic mass is 9.74. The minimum Gasteiger partial charge on any atom is -0.479 e. The fourth-order valence-electron chi connectivity index (χ4n) is 3.64. The van der Waals surface area contributed by atoms with Gasteiger partial charge in [-0.3, -0.25) is 4.79 Å². The first-order chi connectivity index (χ1) is 11.9. The summed E-state index contributed by atoms with van der Waals surface area (Å²) in [7, 11) is 0. The number of ether oxygens (including phenoxy) is 1. The summed E-state index contributed by atoms with van der Waals surface area (Å²) in [6, 6.07) is 15.9. The summed E-state index contributed by atoms with van der Waals surface area (Å²) >= 11 is 3.47. The lowest BCUT2D eigenvalue weighted by Gasteiger charge is -2.33. The van der Waals surface area contributed by atoms with Gasteiger partial charge in [-0.2, -0.15) is 0 Å². The first-order valence-corrected chi connectivity index (χ1v) is 9.27. The van der Waals surface area contributed by atoms with Crippen molar-refractivity contribution >= 4 is 27.4 Å². The number of halogens is 1. The van der Waals surface area contributed by atoms with Gasteiger partial charge in [-0.25, -0.2) is 0 Å². The van der Waals surface area contributed by atoms with E-state index in [1.807, 2.05) is 48.5 Å². The van der Waals surface area contributed by atoms with Crippen molar-refractivity contribution in [2.75, 3.05) is 5.32 Å². The third-order valence-electron chi connectivity index (χ3n) is 4.77. The second kappa shape index (κ2) is 6.03. The molecular formula is C21H20BrNO2. The Balaban J connectivity index is 1.88. The predicted octanol–water partition coefficient (Wildman–Crippen LogP) is 5.64. The second-order valence-electron chi connectivity index (χ2n) is 7.50. The summed E-state index contributed by atoms with van der Waals surface area (Å²) in [4.78, 5) is 13.0. The standard InChI is InChI=1S/C21H20BrNO2/c1-21(2)11-16-19(17(24)12-21)20(13-7-9-14(22)10-8-13)25-18-6-4-3-5-15(18)23-16/h3-10,20,23H,11-12H2,1-2H3. The number of hydrogen-bond acceptors (Lipinski definition) is 3. The topological polar surface area (TPSA) is 38.3 Å². The highest BCUT2D eigenvalue weighted by Gasteiger charge is 2.39. The molecule has 4 heteroatoms. The molecule has 0 bridgehead atoms. The third kappa shape index (κ3) is 3.11. The largest absolute Gasteiger partial charge is 0.479 e. The van der Waals surface area contributed by atoms with Gasteiger partial charge in [0, 0.05) is 16.6 Å². The molecule has 0 saturated carbocycles. The minimum absolute atomic E-state index is 0.0491. The molecule has 128 valence electrons. The summed E-state index contributed by atoms with van der Waals surface area (Å²) in [6.45, 7) is 4.28. The second-order valence-corrected chi connectivity index (χ2v) is 8.42. The average Bonchev–Trinajstić information content (AvgIpc) is 2.70. The van der Waals surface area contributed by atoms with Gasteiger partial charge in [0.15, 0.2) is 11.9 Å². The number of nitrogens with one attached hydrogen (secondary N) is 1. The molecule has 25 heavy (non-hydrogen) atoms. The van der Waals surface area contributed by atoms with Gasteiger partial charge in [0.1, 0.15) is 5.75 Å². The molecule has 2 aliphatic rings. The summed E-state index contributed by atoms with van der Waals surface area (Å²) < 4.78 is 7.34. The smallest absolute Gasteiger partial charge is 0.165 e. The highest BCUT2D eigenvalue weighted by molar-refractivity contribution is 9.10. The SMILES string of the molecule is CC1(C)CC(=O)C2=C(C1)Nc1ccccc1OC2c1ccc(Br)cc1. The molecule has 1 aliphatic heterocycles. The molecule has 0 fully saturated rings. The summed E-state index contributed by atoms with van der Waals surface area (Å²) in [5.41, 5.74) is 3.60. The Hall–Kier alpha value is -2.07. The van der Waals surface area contributed by atoms with Gasteiger partial charge in [0.25, 0.3) is 0 Å². The lowest BCUT2D eigenvalue weighted by Crippen LogP contribution is -2.31. The first kappa shape index (κ1) is 16.4. The highest BCUT2D eigenvalue weighted by atomic mass is 79.9. The van der Waals surface area contributed by atoms with Crippen molar-refractivity contribution in [1.29, 1.82) is 0 Å². The molecule has 3 nitrogen and oxygen atoms in total. The molecule has 1 heterocycles. The molecule has 1 aliphatic carbocycles. The fourth-order valence-corrected chi connectivity index (χ4v) is 3.91. The third-order valence-corrected chi connectivity index (χ3v) is 5.30. The molecule has 0 amide bonds. The number of carbonyl (C=O) groups is 1. The van der Waals surface area contributed by atoms with Crippen LogP contribution in [0.15, 0.2) is 64.3 Å². The Labute approximate surface area is 156 Å². The monoisotopic (exact) mass is 397 g/mol. The van der Waals surface area contributed by atoms with Crippen LogP contribution in [-0.2, 0) is 4.79 Å². The lowest BCUT2D eigenvalue weighted by molar-refractivity contribution is -0.119. The zero-order valence-corrected chi connectivity index (χ0v) is 15.9. The van der Waals surface area contributed by atoms with Crippen LogP contribution in [0.1, 0.15) is 38.4 Å². The Morgan fingerprint density at radius 2 is 1.80 bits per heavy atom. The summed E-state index contributed by atoms with van der Waals surface area (Å²) in [5.74, 6) is 0.940. The van der Waals surface area contributed by atoms with Gasteiger partial charge in [-0.15, -0.1) is 0 Å². The number of para-hydroxylation sites is 2. The van der Waals surface area contributed by atoms with Crippen molar-refractivity contribution in [3.05, 3.63) is 69.8 Å². The average molecular weight is 398 g/mol. The van der Waals surface area contributed by atoms with E-state index in [2.05, 4.69) is 35.1 Å². The van der Waals surface area contributed by atoms with Crippen molar-refractivity contribution in [2.24, 2.45) is 5.41 Å². The Kier molecular flexibility index (Phi) is 3.95. The molecule has 4 rings (SSSR count). The van der Waals surface area contributed by atoms with E-state index < -0.39 is 0 Å². The number of allylic oxidation sites excluding steroid dienone is 1. The van der Waals surface area contributed by atoms with Crippen LogP contribution in [0.25, 0.3) is 0 Å². The number of hydrogen-bond donors (Lipinski definition) is 1. The molecule has 0 radical (unpaired) electrons. The maximum atomic E-state index is 13.0. The molecule has 1 unspecified atom stereocenters. The van der Waals surface area contributed by atoms with E-state index in [0.717, 1.165) is 39.2 Å². The van der Waals surface area contributed by atoms with Gasteiger partial charge >= 0.3 is 0 Å². The molecule has 1 N–H and O–H groups in total. The van der Waals surface area contributed by atoms with E-state index in [1.165, 1.54) is 0 Å². The van der Waals surface area contributed by atoms with Gasteiger partial charge in [0.2, 0.25) is 0 Å². The van der Waals surface area contributed by atoms with Gasteiger partial charge in [-0.05, 0) is 41.7 Å². The number of Topliss-reactive ketones (excluding diaryl/α,β-unsaturated/α-hetero) is 1. The summed E-state index contributed by atoms with van der Waals surface area (Å²) in [6.07, 6.45) is 0.988. The molecule has 0 spiro atoms. The van der Waals surface area contributed by atoms with Crippen LogP contribution in [0.5, 0.6) is 5.75 Å². The molecule has 1 atom stereocenters. The van der Waals surface area contributed by atoms with Crippen LogP contribution in [0.4, 0.5) is 5.69 Å². The molecular weight excluding hydrogens is 378 g/mol. The van der Waals surface area contributed by atoms with E-state index in [1.54, 1.807) is 0 Å². The van der Waals surface area contributed by atoms with Crippen molar-refractivity contribution in [3.8, 4) is 5.75 Å². The van der Waals surface area contributed by atoms with Crippen LogP contribution in [0.3, 0.4) is 0 Å². The van der Waals surface area contributed by atoms with Crippen molar-refractivity contribution < 1.29 is 9.53 Å². The minimum atomic E-state index is -0.386. The van der Waals surface area contributed by atoms with Crippen LogP contribution in [-0.4, -0.2) is 5.78 Å². The van der Waals surface area contributed by atoms with Crippen molar-refractivity contribution in [3.63, 3.8) is 0 Å². The van der Waals surface area contributed by atoms with Crippen molar-refractivity contribution in [2.45, 2.75) is 32.8 Å². The number of ketones is 1.